The third kappa shape index (κ3) is 3.94. The molecule has 104 valence electrons. The number of methoxy groups -OCH3 is 1. The molecule has 1 unspecified atom stereocenters. The van der Waals surface area contributed by atoms with E-state index in [0.29, 0.717) is 6.54 Å². The lowest BCUT2D eigenvalue weighted by atomic mass is 10.1. The van der Waals surface area contributed by atoms with E-state index in [1.165, 1.54) is 0 Å². The Hall–Kier alpha value is -1.07. The van der Waals surface area contributed by atoms with Crippen molar-refractivity contribution in [1.82, 2.24) is 10.6 Å². The lowest BCUT2D eigenvalue weighted by molar-refractivity contribution is -0.124. The summed E-state index contributed by atoms with van der Waals surface area (Å²) in [4.78, 5) is 11.9. The number of rotatable bonds is 5. The van der Waals surface area contributed by atoms with E-state index in [1.807, 2.05) is 18.2 Å². The molecular formula is C14H19BrN2O2. The average Bonchev–Trinajstić information content (AvgIpc) is 2.93. The molecule has 5 heteroatoms. The molecule has 0 aromatic heterocycles. The van der Waals surface area contributed by atoms with Crippen LogP contribution in [0, 0.1) is 5.92 Å². The van der Waals surface area contributed by atoms with Crippen LogP contribution in [0.3, 0.4) is 0 Å². The molecule has 1 saturated heterocycles. The molecule has 2 N–H and O–H groups in total. The van der Waals surface area contributed by atoms with E-state index in [9.17, 15) is 4.79 Å². The van der Waals surface area contributed by atoms with Gasteiger partial charge in [-0.2, -0.15) is 0 Å². The normalized spacial score (nSPS) is 18.3. The molecule has 0 aliphatic carbocycles. The zero-order valence-electron chi connectivity index (χ0n) is 11.0. The van der Waals surface area contributed by atoms with Gasteiger partial charge in [0.15, 0.2) is 0 Å². The van der Waals surface area contributed by atoms with E-state index in [4.69, 9.17) is 4.74 Å². The van der Waals surface area contributed by atoms with Gasteiger partial charge in [0.2, 0.25) is 5.91 Å². The van der Waals surface area contributed by atoms with Crippen LogP contribution < -0.4 is 15.4 Å². The van der Waals surface area contributed by atoms with Crippen molar-refractivity contribution in [2.75, 3.05) is 26.7 Å². The van der Waals surface area contributed by atoms with Crippen LogP contribution in [0.25, 0.3) is 0 Å². The molecule has 1 heterocycles. The van der Waals surface area contributed by atoms with Crippen molar-refractivity contribution in [2.24, 2.45) is 5.92 Å². The molecule has 1 aromatic carbocycles. The molecule has 2 rings (SSSR count). The van der Waals surface area contributed by atoms with Crippen molar-refractivity contribution in [1.29, 1.82) is 0 Å². The van der Waals surface area contributed by atoms with Gasteiger partial charge in [0.1, 0.15) is 5.75 Å². The summed E-state index contributed by atoms with van der Waals surface area (Å²) < 4.78 is 6.34. The molecule has 1 aliphatic heterocycles. The predicted octanol–water partition coefficient (Wildman–Crippen LogP) is 1.73. The highest BCUT2D eigenvalue weighted by atomic mass is 79.9. The Labute approximate surface area is 122 Å². The standard InChI is InChI=1S/C14H19BrN2O2/c1-19-13-3-2-12(15)8-10(13)5-7-17-14(18)11-4-6-16-9-11/h2-3,8,11,16H,4-7,9H2,1H3,(H,17,18). The largest absolute Gasteiger partial charge is 0.496 e. The molecular weight excluding hydrogens is 308 g/mol. The molecule has 4 nitrogen and oxygen atoms in total. The van der Waals surface area contributed by atoms with Gasteiger partial charge in [-0.25, -0.2) is 0 Å². The maximum absolute atomic E-state index is 11.9. The monoisotopic (exact) mass is 326 g/mol. The number of carbonyl (C=O) groups excluding carboxylic acids is 1. The fourth-order valence-electron chi connectivity index (χ4n) is 2.29. The predicted molar refractivity (Wildman–Crippen MR) is 78.4 cm³/mol. The molecule has 0 radical (unpaired) electrons. The molecule has 1 atom stereocenters. The van der Waals surface area contributed by atoms with E-state index in [1.54, 1.807) is 7.11 Å². The lowest BCUT2D eigenvalue weighted by Crippen LogP contribution is -2.33. The fourth-order valence-corrected chi connectivity index (χ4v) is 2.69. The van der Waals surface area contributed by atoms with Crippen LogP contribution in [0.2, 0.25) is 0 Å². The molecule has 1 aromatic rings. The number of benzene rings is 1. The number of carbonyl (C=O) groups is 1. The molecule has 1 amide bonds. The molecule has 0 bridgehead atoms. The van der Waals surface area contributed by atoms with E-state index >= 15 is 0 Å². The highest BCUT2D eigenvalue weighted by Gasteiger charge is 2.21. The van der Waals surface area contributed by atoms with Gasteiger partial charge in [-0.05, 0) is 43.1 Å². The summed E-state index contributed by atoms with van der Waals surface area (Å²) in [7, 11) is 1.66. The van der Waals surface area contributed by atoms with Gasteiger partial charge in [0, 0.05) is 17.6 Å². The van der Waals surface area contributed by atoms with Crippen molar-refractivity contribution in [3.63, 3.8) is 0 Å². The molecule has 1 fully saturated rings. The van der Waals surface area contributed by atoms with Gasteiger partial charge in [0.25, 0.3) is 0 Å². The third-order valence-electron chi connectivity index (χ3n) is 3.37. The Morgan fingerprint density at radius 2 is 2.42 bits per heavy atom. The minimum atomic E-state index is 0.129. The smallest absolute Gasteiger partial charge is 0.224 e. The Bertz CT molecular complexity index is 445. The van der Waals surface area contributed by atoms with Crippen LogP contribution in [-0.2, 0) is 11.2 Å². The number of nitrogens with one attached hydrogen (secondary N) is 2. The van der Waals surface area contributed by atoms with Gasteiger partial charge in [-0.1, -0.05) is 15.9 Å². The number of hydrogen-bond donors (Lipinski definition) is 2. The van der Waals surface area contributed by atoms with Gasteiger partial charge < -0.3 is 15.4 Å². The Balaban J connectivity index is 1.84. The molecule has 0 spiro atoms. The van der Waals surface area contributed by atoms with Gasteiger partial charge in [-0.3, -0.25) is 4.79 Å². The summed E-state index contributed by atoms with van der Waals surface area (Å²) in [5.74, 6) is 1.14. The van der Waals surface area contributed by atoms with Crippen LogP contribution in [-0.4, -0.2) is 32.7 Å². The van der Waals surface area contributed by atoms with E-state index in [0.717, 1.165) is 41.7 Å². The van der Waals surface area contributed by atoms with Crippen LogP contribution >= 0.6 is 15.9 Å². The zero-order chi connectivity index (χ0) is 13.7. The minimum absolute atomic E-state index is 0.129. The Morgan fingerprint density at radius 1 is 1.58 bits per heavy atom. The number of amides is 1. The maximum atomic E-state index is 11.9. The van der Waals surface area contributed by atoms with Gasteiger partial charge in [-0.15, -0.1) is 0 Å². The first-order chi connectivity index (χ1) is 9.20. The molecule has 1 aliphatic rings. The van der Waals surface area contributed by atoms with Crippen molar-refractivity contribution >= 4 is 21.8 Å². The van der Waals surface area contributed by atoms with Crippen LogP contribution in [0.1, 0.15) is 12.0 Å². The van der Waals surface area contributed by atoms with E-state index < -0.39 is 0 Å². The average molecular weight is 327 g/mol. The highest BCUT2D eigenvalue weighted by molar-refractivity contribution is 9.10. The summed E-state index contributed by atoms with van der Waals surface area (Å²) in [5, 5.41) is 6.19. The van der Waals surface area contributed by atoms with Crippen molar-refractivity contribution < 1.29 is 9.53 Å². The summed E-state index contributed by atoms with van der Waals surface area (Å²) in [6, 6.07) is 5.91. The van der Waals surface area contributed by atoms with Crippen LogP contribution in [0.15, 0.2) is 22.7 Å². The van der Waals surface area contributed by atoms with Crippen LogP contribution in [0.5, 0.6) is 5.75 Å². The van der Waals surface area contributed by atoms with E-state index in [-0.39, 0.29) is 11.8 Å². The highest BCUT2D eigenvalue weighted by Crippen LogP contribution is 2.23. The second-order valence-corrected chi connectivity index (χ2v) is 5.60. The summed E-state index contributed by atoms with van der Waals surface area (Å²) in [6.45, 7) is 2.38. The molecule has 0 saturated carbocycles. The second kappa shape index (κ2) is 6.91. The topological polar surface area (TPSA) is 50.4 Å². The molecule has 19 heavy (non-hydrogen) atoms. The first kappa shape index (κ1) is 14.3. The quantitative estimate of drug-likeness (QED) is 0.866. The van der Waals surface area contributed by atoms with Gasteiger partial charge in [0.05, 0.1) is 13.0 Å². The van der Waals surface area contributed by atoms with Crippen molar-refractivity contribution in [2.45, 2.75) is 12.8 Å². The third-order valence-corrected chi connectivity index (χ3v) is 3.86. The summed E-state index contributed by atoms with van der Waals surface area (Å²) >= 11 is 3.45. The van der Waals surface area contributed by atoms with Crippen LogP contribution in [0.4, 0.5) is 0 Å². The van der Waals surface area contributed by atoms with Gasteiger partial charge >= 0.3 is 0 Å². The minimum Gasteiger partial charge on any atom is -0.496 e. The Kier molecular flexibility index (Phi) is 5.22. The number of halogens is 1. The fraction of sp³-hybridized carbons (Fsp3) is 0.500. The first-order valence-electron chi connectivity index (χ1n) is 6.51. The second-order valence-electron chi connectivity index (χ2n) is 4.69. The first-order valence-corrected chi connectivity index (χ1v) is 7.31. The lowest BCUT2D eigenvalue weighted by Gasteiger charge is -2.12. The maximum Gasteiger partial charge on any atom is 0.224 e. The van der Waals surface area contributed by atoms with Crippen molar-refractivity contribution in [3.05, 3.63) is 28.2 Å². The summed E-state index contributed by atoms with van der Waals surface area (Å²) in [5.41, 5.74) is 1.10. The number of ether oxygens (including phenoxy) is 1. The Morgan fingerprint density at radius 3 is 3.11 bits per heavy atom. The SMILES string of the molecule is COc1ccc(Br)cc1CCNC(=O)C1CCNC1. The summed E-state index contributed by atoms with van der Waals surface area (Å²) in [6.07, 6.45) is 1.71. The van der Waals surface area contributed by atoms with Crippen molar-refractivity contribution in [3.8, 4) is 5.75 Å². The zero-order valence-corrected chi connectivity index (χ0v) is 12.6. The number of hydrogen-bond acceptors (Lipinski definition) is 3. The van der Waals surface area contributed by atoms with E-state index in [2.05, 4.69) is 26.6 Å².